The molecule has 3 nitrogen and oxygen atoms in total. The van der Waals surface area contributed by atoms with Crippen molar-refractivity contribution in [3.05, 3.63) is 188 Å². The Labute approximate surface area is 294 Å². The molecular weight excluding hydrogens is 619 g/mol. The molecule has 51 heavy (non-hydrogen) atoms. The molecule has 0 radical (unpaired) electrons. The topological polar surface area (TPSA) is 14.8 Å². The summed E-state index contributed by atoms with van der Waals surface area (Å²) < 4.78 is 7.27. The first-order chi connectivity index (χ1) is 25.3. The Kier molecular flexibility index (Phi) is 5.96. The molecule has 0 atom stereocenters. The molecule has 11 aromatic rings. The fourth-order valence-electron chi connectivity index (χ4n) is 8.44. The van der Waals surface area contributed by atoms with Crippen LogP contribution in [-0.2, 0) is 0 Å². The van der Waals surface area contributed by atoms with E-state index in [0.717, 1.165) is 11.4 Å². The Morgan fingerprint density at radius 1 is 0.255 bits per heavy atom. The van der Waals surface area contributed by atoms with Crippen LogP contribution in [0.15, 0.2) is 188 Å². The van der Waals surface area contributed by atoms with E-state index in [1.807, 2.05) is 0 Å². The highest BCUT2D eigenvalue weighted by Gasteiger charge is 2.21. The summed E-state index contributed by atoms with van der Waals surface area (Å²) in [6.07, 6.45) is 0. The zero-order chi connectivity index (χ0) is 33.5. The third-order valence-corrected chi connectivity index (χ3v) is 10.6. The van der Waals surface area contributed by atoms with Gasteiger partial charge in [-0.1, -0.05) is 115 Å². The fourth-order valence-corrected chi connectivity index (χ4v) is 8.44. The summed E-state index contributed by atoms with van der Waals surface area (Å²) in [5.74, 6) is 0. The van der Waals surface area contributed by atoms with Crippen molar-refractivity contribution in [3.8, 4) is 28.2 Å². The van der Waals surface area contributed by atoms with E-state index in [1.54, 1.807) is 0 Å². The zero-order valence-corrected chi connectivity index (χ0v) is 27.7. The molecule has 0 aliphatic rings. The number of nitrogens with zero attached hydrogens (tertiary/aromatic N) is 3. The lowest BCUT2D eigenvalue weighted by Gasteiger charge is -2.10. The van der Waals surface area contributed by atoms with Crippen molar-refractivity contribution in [2.45, 2.75) is 0 Å². The molecule has 0 saturated heterocycles. The van der Waals surface area contributed by atoms with Gasteiger partial charge in [0.1, 0.15) is 0 Å². The van der Waals surface area contributed by atoms with Crippen molar-refractivity contribution in [2.24, 2.45) is 0 Å². The quantitative estimate of drug-likeness (QED) is 0.180. The lowest BCUT2D eigenvalue weighted by atomic mass is 10.0. The number of hydrogen-bond donors (Lipinski definition) is 0. The van der Waals surface area contributed by atoms with Crippen molar-refractivity contribution in [2.75, 3.05) is 0 Å². The van der Waals surface area contributed by atoms with Crippen molar-refractivity contribution in [3.63, 3.8) is 0 Å². The van der Waals surface area contributed by atoms with Crippen LogP contribution >= 0.6 is 0 Å². The first-order valence-electron chi connectivity index (χ1n) is 17.5. The van der Waals surface area contributed by atoms with Gasteiger partial charge in [0.15, 0.2) is 0 Å². The van der Waals surface area contributed by atoms with Gasteiger partial charge in [0.25, 0.3) is 0 Å². The molecule has 0 aliphatic heterocycles. The molecule has 0 spiro atoms. The van der Waals surface area contributed by atoms with Crippen molar-refractivity contribution >= 4 is 65.4 Å². The highest BCUT2D eigenvalue weighted by atomic mass is 15.0. The summed E-state index contributed by atoms with van der Waals surface area (Å²) in [5, 5.41) is 7.54. The minimum Gasteiger partial charge on any atom is -0.309 e. The van der Waals surface area contributed by atoms with Gasteiger partial charge in [-0.3, -0.25) is 0 Å². The molecule has 0 N–H and O–H groups in total. The average Bonchev–Trinajstić information content (AvgIpc) is 3.84. The van der Waals surface area contributed by atoms with Crippen LogP contribution in [-0.4, -0.2) is 13.7 Å². The highest BCUT2D eigenvalue weighted by molar-refractivity contribution is 6.26. The first kappa shape index (κ1) is 28.0. The second kappa shape index (κ2) is 10.8. The minimum absolute atomic E-state index is 1.16. The summed E-state index contributed by atoms with van der Waals surface area (Å²) in [5.41, 5.74) is 13.2. The molecule has 0 amide bonds. The molecule has 0 fully saturated rings. The Morgan fingerprint density at radius 3 is 1.39 bits per heavy atom. The van der Waals surface area contributed by atoms with Gasteiger partial charge < -0.3 is 13.7 Å². The average molecular weight is 650 g/mol. The summed E-state index contributed by atoms with van der Waals surface area (Å²) in [6.45, 7) is 0. The monoisotopic (exact) mass is 649 g/mol. The van der Waals surface area contributed by atoms with Crippen LogP contribution in [0.5, 0.6) is 0 Å². The predicted octanol–water partition coefficient (Wildman–Crippen LogP) is 12.6. The molecular formula is C48H31N3. The number of hydrogen-bond acceptors (Lipinski definition) is 0. The van der Waals surface area contributed by atoms with Crippen LogP contribution in [0.25, 0.3) is 93.6 Å². The van der Waals surface area contributed by atoms with Gasteiger partial charge in [-0.15, -0.1) is 0 Å². The number of benzene rings is 8. The molecule has 8 aromatic carbocycles. The van der Waals surface area contributed by atoms with Gasteiger partial charge in [-0.05, 0) is 83.9 Å². The van der Waals surface area contributed by atoms with Gasteiger partial charge in [-0.25, -0.2) is 0 Å². The Balaban J connectivity index is 1.21. The third kappa shape index (κ3) is 4.06. The van der Waals surface area contributed by atoms with E-state index >= 15 is 0 Å². The zero-order valence-electron chi connectivity index (χ0n) is 27.7. The minimum atomic E-state index is 1.16. The Morgan fingerprint density at radius 2 is 0.706 bits per heavy atom. The first-order valence-corrected chi connectivity index (χ1v) is 17.5. The van der Waals surface area contributed by atoms with E-state index in [2.05, 4.69) is 202 Å². The van der Waals surface area contributed by atoms with E-state index in [1.165, 1.54) is 82.2 Å². The molecule has 3 heterocycles. The van der Waals surface area contributed by atoms with E-state index in [0.29, 0.717) is 0 Å². The largest absolute Gasteiger partial charge is 0.309 e. The maximum atomic E-state index is 2.47. The van der Waals surface area contributed by atoms with Crippen molar-refractivity contribution in [1.82, 2.24) is 13.7 Å². The standard InChI is InChI=1S/C48H31N3/c1-4-14-34(15-5-1)49-43-23-13-11-21-40(43)47-45(49)29-27-39-41-30-32(25-28-44(41)51(48(39)47)36-18-8-3-9-19-36)33-24-26-38-37-20-10-12-22-42(37)50(46(38)31-33)35-16-6-2-7-17-35/h1-31H. The lowest BCUT2D eigenvalue weighted by Crippen LogP contribution is -1.95. The molecule has 238 valence electrons. The number of rotatable bonds is 4. The molecule has 11 rings (SSSR count). The molecule has 3 heteroatoms. The number of aromatic nitrogens is 3. The van der Waals surface area contributed by atoms with Crippen LogP contribution < -0.4 is 0 Å². The van der Waals surface area contributed by atoms with Gasteiger partial charge in [0, 0.05) is 49.4 Å². The predicted molar refractivity (Wildman–Crippen MR) is 215 cm³/mol. The second-order valence-corrected chi connectivity index (χ2v) is 13.4. The normalized spacial score (nSPS) is 11.9. The van der Waals surface area contributed by atoms with E-state index < -0.39 is 0 Å². The molecule has 0 unspecified atom stereocenters. The van der Waals surface area contributed by atoms with Crippen LogP contribution in [0.4, 0.5) is 0 Å². The van der Waals surface area contributed by atoms with Gasteiger partial charge in [-0.2, -0.15) is 0 Å². The molecule has 0 saturated carbocycles. The summed E-state index contributed by atoms with van der Waals surface area (Å²) in [4.78, 5) is 0. The van der Waals surface area contributed by atoms with Crippen LogP contribution in [0, 0.1) is 0 Å². The Hall–Kier alpha value is -6.84. The van der Waals surface area contributed by atoms with E-state index in [-0.39, 0.29) is 0 Å². The van der Waals surface area contributed by atoms with Gasteiger partial charge in [0.05, 0.1) is 33.1 Å². The Bertz CT molecular complexity index is 3110. The third-order valence-electron chi connectivity index (χ3n) is 10.6. The molecule has 0 aliphatic carbocycles. The summed E-state index contributed by atoms with van der Waals surface area (Å²) in [6, 6.07) is 68.4. The summed E-state index contributed by atoms with van der Waals surface area (Å²) in [7, 11) is 0. The fraction of sp³-hybridized carbons (Fsp3) is 0. The maximum absolute atomic E-state index is 2.47. The van der Waals surface area contributed by atoms with E-state index in [4.69, 9.17) is 0 Å². The van der Waals surface area contributed by atoms with Gasteiger partial charge >= 0.3 is 0 Å². The van der Waals surface area contributed by atoms with Crippen LogP contribution in [0.2, 0.25) is 0 Å². The SMILES string of the molecule is c1ccc(-n2c3ccccc3c3ccc(-c4ccc5c(c4)c4ccc6c(c7ccccc7n6-c6ccccc6)c4n5-c4ccccc4)cc32)cc1. The van der Waals surface area contributed by atoms with Crippen molar-refractivity contribution < 1.29 is 0 Å². The smallest absolute Gasteiger partial charge is 0.0641 e. The number of fused-ring (bicyclic) bond motifs is 10. The van der Waals surface area contributed by atoms with Crippen molar-refractivity contribution in [1.29, 1.82) is 0 Å². The number of para-hydroxylation sites is 5. The second-order valence-electron chi connectivity index (χ2n) is 13.4. The lowest BCUT2D eigenvalue weighted by molar-refractivity contribution is 1.17. The summed E-state index contributed by atoms with van der Waals surface area (Å²) >= 11 is 0. The van der Waals surface area contributed by atoms with Crippen LogP contribution in [0.3, 0.4) is 0 Å². The van der Waals surface area contributed by atoms with E-state index in [9.17, 15) is 0 Å². The molecule has 0 bridgehead atoms. The molecule has 3 aromatic heterocycles. The van der Waals surface area contributed by atoms with Gasteiger partial charge in [0.2, 0.25) is 0 Å². The maximum Gasteiger partial charge on any atom is 0.0641 e. The highest BCUT2D eigenvalue weighted by Crippen LogP contribution is 2.43. The van der Waals surface area contributed by atoms with Crippen LogP contribution in [0.1, 0.15) is 0 Å².